The Bertz CT molecular complexity index is 749. The maximum Gasteiger partial charge on any atom is 0.123 e. The fourth-order valence-electron chi connectivity index (χ4n) is 2.60. The molecule has 0 aliphatic carbocycles. The van der Waals surface area contributed by atoms with Crippen LogP contribution >= 0.6 is 0 Å². The second kappa shape index (κ2) is 5.81. The van der Waals surface area contributed by atoms with Crippen LogP contribution in [0, 0.1) is 0 Å². The quantitative estimate of drug-likeness (QED) is 0.752. The molecule has 104 valence electrons. The maximum atomic E-state index is 10.1. The summed E-state index contributed by atoms with van der Waals surface area (Å²) in [6.07, 6.45) is 0. The van der Waals surface area contributed by atoms with E-state index in [1.54, 1.807) is 12.1 Å². The van der Waals surface area contributed by atoms with Crippen molar-refractivity contribution in [3.05, 3.63) is 78.4 Å². The third kappa shape index (κ3) is 2.54. The van der Waals surface area contributed by atoms with Crippen molar-refractivity contribution < 1.29 is 10.2 Å². The monoisotopic (exact) mass is 276 g/mol. The third-order valence-electron chi connectivity index (χ3n) is 3.61. The van der Waals surface area contributed by atoms with E-state index in [4.69, 9.17) is 0 Å². The lowest BCUT2D eigenvalue weighted by Gasteiger charge is -2.14. The van der Waals surface area contributed by atoms with Crippen molar-refractivity contribution in [3.8, 4) is 28.0 Å². The zero-order chi connectivity index (χ0) is 14.7. The summed E-state index contributed by atoms with van der Waals surface area (Å²) in [5.41, 5.74) is 4.46. The third-order valence-corrected chi connectivity index (χ3v) is 3.61. The number of hydrogen-bond acceptors (Lipinski definition) is 2. The van der Waals surface area contributed by atoms with Gasteiger partial charge in [0.25, 0.3) is 0 Å². The van der Waals surface area contributed by atoms with Crippen LogP contribution < -0.4 is 0 Å². The highest BCUT2D eigenvalue weighted by atomic mass is 16.3. The van der Waals surface area contributed by atoms with Gasteiger partial charge in [0.15, 0.2) is 0 Å². The van der Waals surface area contributed by atoms with Crippen LogP contribution in [0.25, 0.3) is 22.3 Å². The Kier molecular flexibility index (Phi) is 3.71. The largest absolute Gasteiger partial charge is 0.507 e. The average Bonchev–Trinajstić information content (AvgIpc) is 2.55. The SMILES string of the molecule is OCc1c(-c2ccccc2)cccc1-c1ccccc1O. The first kappa shape index (κ1) is 13.4. The molecule has 3 aromatic carbocycles. The van der Waals surface area contributed by atoms with Gasteiger partial charge in [-0.25, -0.2) is 0 Å². The Balaban J connectivity index is 2.22. The van der Waals surface area contributed by atoms with E-state index in [9.17, 15) is 10.2 Å². The summed E-state index contributed by atoms with van der Waals surface area (Å²) in [5, 5.41) is 19.9. The highest BCUT2D eigenvalue weighted by Crippen LogP contribution is 2.36. The van der Waals surface area contributed by atoms with Gasteiger partial charge in [-0.1, -0.05) is 66.7 Å². The molecule has 0 spiro atoms. The molecule has 2 nitrogen and oxygen atoms in total. The maximum absolute atomic E-state index is 10.1. The first-order chi connectivity index (χ1) is 10.3. The normalized spacial score (nSPS) is 10.5. The van der Waals surface area contributed by atoms with Gasteiger partial charge in [0, 0.05) is 5.56 Å². The van der Waals surface area contributed by atoms with Crippen LogP contribution in [0.15, 0.2) is 72.8 Å². The summed E-state index contributed by atoms with van der Waals surface area (Å²) >= 11 is 0. The molecule has 0 aromatic heterocycles. The molecule has 0 saturated heterocycles. The number of aliphatic hydroxyl groups excluding tert-OH is 1. The van der Waals surface area contributed by atoms with Crippen molar-refractivity contribution in [1.29, 1.82) is 0 Å². The summed E-state index contributed by atoms with van der Waals surface area (Å²) in [5.74, 6) is 0.220. The molecule has 2 N–H and O–H groups in total. The predicted molar refractivity (Wildman–Crippen MR) is 84.9 cm³/mol. The van der Waals surface area contributed by atoms with Gasteiger partial charge in [0.1, 0.15) is 5.75 Å². The van der Waals surface area contributed by atoms with Crippen molar-refractivity contribution in [2.75, 3.05) is 0 Å². The smallest absolute Gasteiger partial charge is 0.123 e. The number of aliphatic hydroxyl groups is 1. The molecular weight excluding hydrogens is 260 g/mol. The number of aromatic hydroxyl groups is 1. The molecule has 0 unspecified atom stereocenters. The summed E-state index contributed by atoms with van der Waals surface area (Å²) in [4.78, 5) is 0. The Morgan fingerprint density at radius 2 is 1.24 bits per heavy atom. The first-order valence-electron chi connectivity index (χ1n) is 6.88. The molecule has 3 rings (SSSR count). The van der Waals surface area contributed by atoms with Gasteiger partial charge in [0.05, 0.1) is 6.61 Å². The van der Waals surface area contributed by atoms with E-state index >= 15 is 0 Å². The van der Waals surface area contributed by atoms with E-state index in [1.165, 1.54) is 0 Å². The molecule has 0 saturated carbocycles. The fourth-order valence-corrected chi connectivity index (χ4v) is 2.60. The van der Waals surface area contributed by atoms with Crippen LogP contribution in [-0.2, 0) is 6.61 Å². The molecule has 0 amide bonds. The van der Waals surface area contributed by atoms with E-state index in [2.05, 4.69) is 0 Å². The molecule has 0 radical (unpaired) electrons. The molecule has 0 atom stereocenters. The van der Waals surface area contributed by atoms with Crippen LogP contribution in [0.2, 0.25) is 0 Å². The zero-order valence-corrected chi connectivity index (χ0v) is 11.5. The van der Waals surface area contributed by atoms with E-state index in [0.717, 1.165) is 27.8 Å². The van der Waals surface area contributed by atoms with Gasteiger partial charge in [-0.15, -0.1) is 0 Å². The number of phenolic OH excluding ortho intramolecular Hbond substituents is 1. The molecule has 0 heterocycles. The Labute approximate surface area is 123 Å². The minimum Gasteiger partial charge on any atom is -0.507 e. The van der Waals surface area contributed by atoms with E-state index in [1.807, 2.05) is 60.7 Å². The topological polar surface area (TPSA) is 40.5 Å². The van der Waals surface area contributed by atoms with Gasteiger partial charge in [-0.3, -0.25) is 0 Å². The molecule has 2 heteroatoms. The van der Waals surface area contributed by atoms with Crippen LogP contribution in [0.1, 0.15) is 5.56 Å². The van der Waals surface area contributed by atoms with Crippen LogP contribution in [0.4, 0.5) is 0 Å². The Hall–Kier alpha value is -2.58. The lowest BCUT2D eigenvalue weighted by atomic mass is 9.92. The molecule has 21 heavy (non-hydrogen) atoms. The first-order valence-corrected chi connectivity index (χ1v) is 6.88. The van der Waals surface area contributed by atoms with Crippen LogP contribution in [-0.4, -0.2) is 10.2 Å². The summed E-state index contributed by atoms with van der Waals surface area (Å²) < 4.78 is 0. The molecule has 3 aromatic rings. The average molecular weight is 276 g/mol. The van der Waals surface area contributed by atoms with Gasteiger partial charge in [-0.2, -0.15) is 0 Å². The van der Waals surface area contributed by atoms with Gasteiger partial charge < -0.3 is 10.2 Å². The van der Waals surface area contributed by atoms with Crippen molar-refractivity contribution in [2.24, 2.45) is 0 Å². The molecule has 0 aliphatic heterocycles. The zero-order valence-electron chi connectivity index (χ0n) is 11.5. The summed E-state index contributed by atoms with van der Waals surface area (Å²) in [7, 11) is 0. The number of hydrogen-bond donors (Lipinski definition) is 2. The van der Waals surface area contributed by atoms with Gasteiger partial charge >= 0.3 is 0 Å². The summed E-state index contributed by atoms with van der Waals surface area (Å²) in [6.45, 7) is -0.0747. The molecule has 0 bridgehead atoms. The molecular formula is C19H16O2. The van der Waals surface area contributed by atoms with Crippen LogP contribution in [0.5, 0.6) is 5.75 Å². The van der Waals surface area contributed by atoms with E-state index < -0.39 is 0 Å². The molecule has 0 aliphatic rings. The summed E-state index contributed by atoms with van der Waals surface area (Å²) in [6, 6.07) is 23.0. The van der Waals surface area contributed by atoms with E-state index in [0.29, 0.717) is 0 Å². The Morgan fingerprint density at radius 1 is 0.619 bits per heavy atom. The number of phenols is 1. The lowest BCUT2D eigenvalue weighted by molar-refractivity contribution is 0.283. The minimum absolute atomic E-state index is 0.0747. The highest BCUT2D eigenvalue weighted by molar-refractivity contribution is 5.80. The Morgan fingerprint density at radius 3 is 1.95 bits per heavy atom. The number of benzene rings is 3. The van der Waals surface area contributed by atoms with Crippen molar-refractivity contribution in [1.82, 2.24) is 0 Å². The minimum atomic E-state index is -0.0747. The second-order valence-corrected chi connectivity index (χ2v) is 4.87. The number of rotatable bonds is 3. The molecule has 0 fully saturated rings. The van der Waals surface area contributed by atoms with Gasteiger partial charge in [0.2, 0.25) is 0 Å². The predicted octanol–water partition coefficient (Wildman–Crippen LogP) is 4.22. The van der Waals surface area contributed by atoms with E-state index in [-0.39, 0.29) is 12.4 Å². The van der Waals surface area contributed by atoms with Crippen molar-refractivity contribution >= 4 is 0 Å². The fraction of sp³-hybridized carbons (Fsp3) is 0.0526. The standard InChI is InChI=1S/C19H16O2/c20-13-18-15(14-7-2-1-3-8-14)10-6-11-16(18)17-9-4-5-12-19(17)21/h1-12,20-21H,13H2. The number of para-hydroxylation sites is 1. The van der Waals surface area contributed by atoms with Gasteiger partial charge in [-0.05, 0) is 28.3 Å². The van der Waals surface area contributed by atoms with Crippen molar-refractivity contribution in [3.63, 3.8) is 0 Å². The van der Waals surface area contributed by atoms with Crippen molar-refractivity contribution in [2.45, 2.75) is 6.61 Å². The lowest BCUT2D eigenvalue weighted by Crippen LogP contribution is -1.94. The second-order valence-electron chi connectivity index (χ2n) is 4.87. The highest BCUT2D eigenvalue weighted by Gasteiger charge is 2.12. The van der Waals surface area contributed by atoms with Crippen LogP contribution in [0.3, 0.4) is 0 Å².